The number of benzene rings is 2. The van der Waals surface area contributed by atoms with E-state index in [1.165, 1.54) is 0 Å². The molecular weight excluding hydrogens is 419 g/mol. The van der Waals surface area contributed by atoms with Crippen molar-refractivity contribution in [2.45, 2.75) is 37.8 Å². The fraction of sp³-hybridized carbons (Fsp3) is 0.333. The van der Waals surface area contributed by atoms with E-state index in [-0.39, 0.29) is 23.6 Å². The summed E-state index contributed by atoms with van der Waals surface area (Å²) in [5, 5.41) is 4.65. The van der Waals surface area contributed by atoms with Crippen molar-refractivity contribution >= 4 is 5.91 Å². The number of aryl methyl sites for hydroxylation is 1. The zero-order valence-corrected chi connectivity index (χ0v) is 17.7. The number of carbonyl (C=O) groups is 1. The van der Waals surface area contributed by atoms with Gasteiger partial charge in [0.05, 0.1) is 24.5 Å². The maximum Gasteiger partial charge on any atom is 0.254 e. The van der Waals surface area contributed by atoms with Crippen molar-refractivity contribution in [2.75, 3.05) is 7.11 Å². The molecule has 3 heterocycles. The van der Waals surface area contributed by atoms with Gasteiger partial charge in [-0.3, -0.25) is 9.48 Å². The lowest BCUT2D eigenvalue weighted by Crippen LogP contribution is -2.49. The lowest BCUT2D eigenvalue weighted by molar-refractivity contribution is 0.0392. The van der Waals surface area contributed by atoms with Crippen LogP contribution in [-0.4, -0.2) is 33.7 Å². The van der Waals surface area contributed by atoms with E-state index in [1.807, 2.05) is 4.90 Å². The van der Waals surface area contributed by atoms with Crippen LogP contribution in [0.2, 0.25) is 0 Å². The van der Waals surface area contributed by atoms with E-state index >= 15 is 0 Å². The summed E-state index contributed by atoms with van der Waals surface area (Å²) in [4.78, 5) is 15.3. The Labute approximate surface area is 183 Å². The third kappa shape index (κ3) is 3.16. The molecule has 2 aliphatic rings. The van der Waals surface area contributed by atoms with Crippen LogP contribution in [0.3, 0.4) is 0 Å². The number of rotatable bonds is 3. The average molecular weight is 441 g/mol. The van der Waals surface area contributed by atoms with E-state index in [0.717, 1.165) is 42.7 Å². The molecule has 1 aromatic heterocycles. The van der Waals surface area contributed by atoms with Gasteiger partial charge in [0.1, 0.15) is 5.75 Å². The fourth-order valence-electron chi connectivity index (χ4n) is 5.08. The van der Waals surface area contributed by atoms with Crippen LogP contribution in [0.15, 0.2) is 36.4 Å². The van der Waals surface area contributed by atoms with Crippen molar-refractivity contribution in [1.29, 1.82) is 0 Å². The molecule has 2 unspecified atom stereocenters. The van der Waals surface area contributed by atoms with Crippen LogP contribution in [0, 0.1) is 17.5 Å². The molecule has 2 bridgehead atoms. The van der Waals surface area contributed by atoms with Crippen LogP contribution in [0.1, 0.15) is 46.9 Å². The second-order valence-electron chi connectivity index (χ2n) is 8.34. The Balaban J connectivity index is 1.56. The van der Waals surface area contributed by atoms with Gasteiger partial charge < -0.3 is 9.64 Å². The first-order chi connectivity index (χ1) is 15.4. The molecular formula is C24H22F3N3O2. The topological polar surface area (TPSA) is 47.4 Å². The first-order valence-corrected chi connectivity index (χ1v) is 10.6. The number of hydrogen-bond donors (Lipinski definition) is 0. The van der Waals surface area contributed by atoms with E-state index in [0.29, 0.717) is 23.4 Å². The number of aromatic nitrogens is 2. The molecule has 0 saturated carbocycles. The number of ether oxygens (including phenoxy) is 1. The highest BCUT2D eigenvalue weighted by Gasteiger charge is 2.43. The van der Waals surface area contributed by atoms with Gasteiger partial charge in [-0.25, -0.2) is 13.2 Å². The molecule has 3 aromatic rings. The molecule has 1 fully saturated rings. The number of piperidine rings is 1. The number of carbonyl (C=O) groups excluding carboxylic acids is 1. The van der Waals surface area contributed by atoms with Gasteiger partial charge in [0.15, 0.2) is 17.5 Å². The maximum atomic E-state index is 13.9. The second-order valence-corrected chi connectivity index (χ2v) is 8.34. The Morgan fingerprint density at radius 2 is 1.78 bits per heavy atom. The van der Waals surface area contributed by atoms with Crippen molar-refractivity contribution < 1.29 is 22.7 Å². The van der Waals surface area contributed by atoms with Crippen molar-refractivity contribution in [3.05, 3.63) is 70.7 Å². The third-order valence-corrected chi connectivity index (χ3v) is 6.50. The summed E-state index contributed by atoms with van der Waals surface area (Å²) in [5.74, 6) is -3.35. The standard InChI is InChI=1S/C24H22F3N3O2/c1-29-23(14-10-18(25)21(27)19(26)11-14)17-12-15-4-3-5-20(22(17)28-29)30(15)24(31)13-6-8-16(32-2)9-7-13/h6-11,15,20H,3-5,12H2,1-2H3. The van der Waals surface area contributed by atoms with Gasteiger partial charge in [-0.2, -0.15) is 5.10 Å². The predicted octanol–water partition coefficient (Wildman–Crippen LogP) is 4.81. The largest absolute Gasteiger partial charge is 0.497 e. The summed E-state index contributed by atoms with van der Waals surface area (Å²) in [6.07, 6.45) is 3.08. The van der Waals surface area contributed by atoms with Gasteiger partial charge in [0.2, 0.25) is 0 Å². The van der Waals surface area contributed by atoms with E-state index in [1.54, 1.807) is 43.1 Å². The highest BCUT2D eigenvalue weighted by molar-refractivity contribution is 5.95. The molecule has 0 aliphatic carbocycles. The minimum atomic E-state index is -1.49. The van der Waals surface area contributed by atoms with Gasteiger partial charge in [0, 0.05) is 29.8 Å². The molecule has 0 radical (unpaired) electrons. The van der Waals surface area contributed by atoms with Crippen LogP contribution < -0.4 is 4.74 Å². The molecule has 2 aromatic carbocycles. The van der Waals surface area contributed by atoms with Crippen molar-refractivity contribution in [3.63, 3.8) is 0 Å². The molecule has 0 N–H and O–H groups in total. The molecule has 2 aliphatic heterocycles. The molecule has 5 rings (SSSR count). The van der Waals surface area contributed by atoms with E-state index in [4.69, 9.17) is 4.74 Å². The van der Waals surface area contributed by atoms with Crippen LogP contribution in [0.4, 0.5) is 13.2 Å². The van der Waals surface area contributed by atoms with Crippen molar-refractivity contribution in [2.24, 2.45) is 7.05 Å². The number of hydrogen-bond acceptors (Lipinski definition) is 3. The summed E-state index contributed by atoms with van der Waals surface area (Å²) in [6, 6.07) is 8.75. The lowest BCUT2D eigenvalue weighted by atomic mass is 9.81. The first kappa shape index (κ1) is 20.6. The van der Waals surface area contributed by atoms with E-state index in [2.05, 4.69) is 5.10 Å². The van der Waals surface area contributed by atoms with Crippen molar-refractivity contribution in [1.82, 2.24) is 14.7 Å². The van der Waals surface area contributed by atoms with Crippen LogP contribution in [0.5, 0.6) is 5.75 Å². The van der Waals surface area contributed by atoms with Crippen LogP contribution in [-0.2, 0) is 13.5 Å². The summed E-state index contributed by atoms with van der Waals surface area (Å²) >= 11 is 0. The van der Waals surface area contributed by atoms with Crippen LogP contribution >= 0.6 is 0 Å². The molecule has 0 spiro atoms. The monoisotopic (exact) mass is 441 g/mol. The molecule has 1 amide bonds. The number of amides is 1. The Hall–Kier alpha value is -3.29. The highest BCUT2D eigenvalue weighted by atomic mass is 19.2. The van der Waals surface area contributed by atoms with Crippen LogP contribution in [0.25, 0.3) is 11.3 Å². The molecule has 166 valence electrons. The second kappa shape index (κ2) is 7.69. The molecule has 32 heavy (non-hydrogen) atoms. The van der Waals surface area contributed by atoms with Gasteiger partial charge in [-0.05, 0) is 62.1 Å². The van der Waals surface area contributed by atoms with Crippen molar-refractivity contribution in [3.8, 4) is 17.0 Å². The minimum absolute atomic E-state index is 0.0473. The number of halogens is 3. The zero-order valence-electron chi connectivity index (χ0n) is 17.7. The molecule has 5 nitrogen and oxygen atoms in total. The van der Waals surface area contributed by atoms with E-state index in [9.17, 15) is 18.0 Å². The smallest absolute Gasteiger partial charge is 0.254 e. The zero-order chi connectivity index (χ0) is 22.6. The van der Waals surface area contributed by atoms with Gasteiger partial charge in [-0.15, -0.1) is 0 Å². The Morgan fingerprint density at radius 1 is 1.09 bits per heavy atom. The maximum absolute atomic E-state index is 13.9. The Morgan fingerprint density at radius 3 is 2.44 bits per heavy atom. The van der Waals surface area contributed by atoms with Gasteiger partial charge in [0.25, 0.3) is 5.91 Å². The lowest BCUT2D eigenvalue weighted by Gasteiger charge is -2.45. The fourth-order valence-corrected chi connectivity index (χ4v) is 5.08. The number of methoxy groups -OCH3 is 1. The quantitative estimate of drug-likeness (QED) is 0.549. The SMILES string of the molecule is COc1ccc(C(=O)N2C3CCCC2c2nn(C)c(-c4cc(F)c(F)c(F)c4)c2C3)cc1. The van der Waals surface area contributed by atoms with Gasteiger partial charge in [-0.1, -0.05) is 0 Å². The predicted molar refractivity (Wildman–Crippen MR) is 112 cm³/mol. The molecule has 1 saturated heterocycles. The summed E-state index contributed by atoms with van der Waals surface area (Å²) in [5.41, 5.74) is 2.98. The summed E-state index contributed by atoms with van der Waals surface area (Å²) < 4.78 is 48.1. The molecule has 8 heteroatoms. The Bertz CT molecular complexity index is 1180. The van der Waals surface area contributed by atoms with E-state index < -0.39 is 17.5 Å². The van der Waals surface area contributed by atoms with Gasteiger partial charge >= 0.3 is 0 Å². The average Bonchev–Trinajstić information content (AvgIpc) is 3.12. The molecule has 2 atom stereocenters. The third-order valence-electron chi connectivity index (χ3n) is 6.50. The minimum Gasteiger partial charge on any atom is -0.497 e. The first-order valence-electron chi connectivity index (χ1n) is 10.6. The summed E-state index contributed by atoms with van der Waals surface area (Å²) in [6.45, 7) is 0. The highest BCUT2D eigenvalue weighted by Crippen LogP contribution is 2.45. The summed E-state index contributed by atoms with van der Waals surface area (Å²) in [7, 11) is 3.28. The number of fused-ring (bicyclic) bond motifs is 4. The number of nitrogens with zero attached hydrogens (tertiary/aromatic N) is 3. The Kier molecular flexibility index (Phi) is 4.95. The normalized spacial score (nSPS) is 19.6.